The number of carbonyl (C=O) groups is 1. The van der Waals surface area contributed by atoms with Gasteiger partial charge in [-0.05, 0) is 49.2 Å². The number of nitrogens with zero attached hydrogens (tertiary/aromatic N) is 1. The number of rotatable bonds is 3. The lowest BCUT2D eigenvalue weighted by molar-refractivity contribution is -0.138. The Labute approximate surface area is 111 Å². The van der Waals surface area contributed by atoms with Gasteiger partial charge in [0, 0.05) is 19.0 Å². The van der Waals surface area contributed by atoms with Crippen molar-refractivity contribution in [2.24, 2.45) is 17.3 Å². The molecule has 3 heteroatoms. The van der Waals surface area contributed by atoms with E-state index in [1.54, 1.807) is 0 Å². The van der Waals surface area contributed by atoms with Crippen LogP contribution in [0.2, 0.25) is 0 Å². The summed E-state index contributed by atoms with van der Waals surface area (Å²) in [7, 11) is 0. The smallest absolute Gasteiger partial charge is 0.223 e. The van der Waals surface area contributed by atoms with Crippen LogP contribution in [0, 0.1) is 17.3 Å². The van der Waals surface area contributed by atoms with Gasteiger partial charge < -0.3 is 4.90 Å². The minimum Gasteiger partial charge on any atom is -0.339 e. The lowest BCUT2D eigenvalue weighted by Gasteiger charge is -2.41. The molecule has 2 rings (SSSR count). The predicted octanol–water partition coefficient (Wildman–Crippen LogP) is 2.98. The van der Waals surface area contributed by atoms with Gasteiger partial charge in [0.2, 0.25) is 5.91 Å². The van der Waals surface area contributed by atoms with Crippen molar-refractivity contribution in [3.63, 3.8) is 0 Å². The largest absolute Gasteiger partial charge is 0.339 e. The van der Waals surface area contributed by atoms with Gasteiger partial charge >= 0.3 is 0 Å². The Morgan fingerprint density at radius 2 is 2.00 bits per heavy atom. The maximum absolute atomic E-state index is 12.4. The zero-order chi connectivity index (χ0) is 12.6. The molecule has 1 amide bonds. The van der Waals surface area contributed by atoms with Gasteiger partial charge in [0.05, 0.1) is 0 Å². The predicted molar refractivity (Wildman–Crippen MR) is 74.3 cm³/mol. The first kappa shape index (κ1) is 13.3. The molecule has 3 unspecified atom stereocenters. The molecule has 17 heavy (non-hydrogen) atoms. The fraction of sp³-hybridized carbons (Fsp3) is 0.929. The molecule has 0 spiro atoms. The standard InChI is InChI=1S/C14H25NOS/c1-10-6-11(2)12(3)15(8-10)13(16)7-14(9-17)4-5-14/h10-12,17H,4-9H2,1-3H3. The van der Waals surface area contributed by atoms with Gasteiger partial charge in [-0.15, -0.1) is 0 Å². The number of carbonyl (C=O) groups excluding carboxylic acids is 1. The fourth-order valence-corrected chi connectivity index (χ4v) is 3.46. The van der Waals surface area contributed by atoms with Crippen LogP contribution in [0.15, 0.2) is 0 Å². The van der Waals surface area contributed by atoms with E-state index in [0.717, 1.165) is 18.7 Å². The highest BCUT2D eigenvalue weighted by molar-refractivity contribution is 7.80. The molecule has 0 bridgehead atoms. The average molecular weight is 255 g/mol. The molecule has 2 nitrogen and oxygen atoms in total. The van der Waals surface area contributed by atoms with E-state index in [9.17, 15) is 4.79 Å². The zero-order valence-corrected chi connectivity index (χ0v) is 12.2. The third kappa shape index (κ3) is 2.81. The third-order valence-electron chi connectivity index (χ3n) is 4.74. The molecule has 0 aromatic heterocycles. The van der Waals surface area contributed by atoms with E-state index < -0.39 is 0 Å². The highest BCUT2D eigenvalue weighted by atomic mass is 32.1. The number of thiol groups is 1. The van der Waals surface area contributed by atoms with Crippen LogP contribution in [-0.4, -0.2) is 29.1 Å². The van der Waals surface area contributed by atoms with E-state index >= 15 is 0 Å². The molecular weight excluding hydrogens is 230 g/mol. The van der Waals surface area contributed by atoms with Crippen molar-refractivity contribution in [3.8, 4) is 0 Å². The van der Waals surface area contributed by atoms with Crippen LogP contribution < -0.4 is 0 Å². The minimum absolute atomic E-state index is 0.254. The summed E-state index contributed by atoms with van der Waals surface area (Å²) in [6.45, 7) is 7.68. The van der Waals surface area contributed by atoms with Crippen LogP contribution in [0.5, 0.6) is 0 Å². The maximum atomic E-state index is 12.4. The van der Waals surface area contributed by atoms with Crippen LogP contribution >= 0.6 is 12.6 Å². The van der Waals surface area contributed by atoms with Crippen LogP contribution in [0.3, 0.4) is 0 Å². The number of amides is 1. The number of piperidine rings is 1. The van der Waals surface area contributed by atoms with Crippen molar-refractivity contribution in [3.05, 3.63) is 0 Å². The molecule has 1 saturated carbocycles. The van der Waals surface area contributed by atoms with Gasteiger partial charge in [-0.3, -0.25) is 4.79 Å². The summed E-state index contributed by atoms with van der Waals surface area (Å²) in [6, 6.07) is 0.411. The van der Waals surface area contributed by atoms with Crippen molar-refractivity contribution in [2.45, 2.75) is 52.5 Å². The second-order valence-electron chi connectivity index (χ2n) is 6.44. The summed E-state index contributed by atoms with van der Waals surface area (Å²) >= 11 is 4.39. The molecule has 0 aromatic rings. The van der Waals surface area contributed by atoms with Crippen molar-refractivity contribution in [1.29, 1.82) is 0 Å². The van der Waals surface area contributed by atoms with E-state index in [1.165, 1.54) is 19.3 Å². The van der Waals surface area contributed by atoms with Crippen LogP contribution in [0.1, 0.15) is 46.5 Å². The molecule has 1 heterocycles. The van der Waals surface area contributed by atoms with E-state index in [0.29, 0.717) is 23.8 Å². The molecule has 1 saturated heterocycles. The highest BCUT2D eigenvalue weighted by Crippen LogP contribution is 2.50. The second-order valence-corrected chi connectivity index (χ2v) is 6.76. The third-order valence-corrected chi connectivity index (χ3v) is 5.41. The molecule has 1 aliphatic carbocycles. The van der Waals surface area contributed by atoms with Gasteiger partial charge in [-0.25, -0.2) is 0 Å². The Hall–Kier alpha value is -0.180. The molecule has 0 radical (unpaired) electrons. The first-order valence-corrected chi connectivity index (χ1v) is 7.51. The summed E-state index contributed by atoms with van der Waals surface area (Å²) < 4.78 is 0. The Morgan fingerprint density at radius 1 is 1.35 bits per heavy atom. The fourth-order valence-electron chi connectivity index (χ4n) is 3.03. The van der Waals surface area contributed by atoms with Crippen molar-refractivity contribution >= 4 is 18.5 Å². The van der Waals surface area contributed by atoms with Crippen molar-refractivity contribution < 1.29 is 4.79 Å². The van der Waals surface area contributed by atoms with Gasteiger partial charge in [0.15, 0.2) is 0 Å². The number of hydrogen-bond donors (Lipinski definition) is 1. The van der Waals surface area contributed by atoms with Crippen LogP contribution in [-0.2, 0) is 4.79 Å². The number of hydrogen-bond acceptors (Lipinski definition) is 2. The van der Waals surface area contributed by atoms with E-state index in [-0.39, 0.29) is 5.41 Å². The molecule has 0 N–H and O–H groups in total. The first-order chi connectivity index (χ1) is 7.97. The minimum atomic E-state index is 0.254. The second kappa shape index (κ2) is 4.83. The molecule has 2 aliphatic rings. The molecule has 2 fully saturated rings. The summed E-state index contributed by atoms with van der Waals surface area (Å²) in [5, 5.41) is 0. The van der Waals surface area contributed by atoms with Gasteiger partial charge in [-0.1, -0.05) is 13.8 Å². The van der Waals surface area contributed by atoms with Gasteiger partial charge in [0.25, 0.3) is 0 Å². The average Bonchev–Trinajstić information content (AvgIpc) is 3.03. The first-order valence-electron chi connectivity index (χ1n) is 6.88. The van der Waals surface area contributed by atoms with E-state index in [1.807, 2.05) is 0 Å². The van der Waals surface area contributed by atoms with Crippen molar-refractivity contribution in [2.75, 3.05) is 12.3 Å². The molecular formula is C14H25NOS. The Morgan fingerprint density at radius 3 is 2.53 bits per heavy atom. The lowest BCUT2D eigenvalue weighted by atomic mass is 9.85. The maximum Gasteiger partial charge on any atom is 0.223 e. The zero-order valence-electron chi connectivity index (χ0n) is 11.3. The van der Waals surface area contributed by atoms with Crippen LogP contribution in [0.25, 0.3) is 0 Å². The Balaban J connectivity index is 1.98. The lowest BCUT2D eigenvalue weighted by Crippen LogP contribution is -2.49. The normalized spacial score (nSPS) is 35.8. The van der Waals surface area contributed by atoms with E-state index in [4.69, 9.17) is 0 Å². The Kier molecular flexibility index (Phi) is 3.77. The number of likely N-dealkylation sites (tertiary alicyclic amines) is 1. The summed E-state index contributed by atoms with van der Waals surface area (Å²) in [6.07, 6.45) is 4.36. The van der Waals surface area contributed by atoms with Gasteiger partial charge in [-0.2, -0.15) is 12.6 Å². The molecule has 1 aliphatic heterocycles. The SMILES string of the molecule is CC1CC(C)C(C)N(C(=O)CC2(CS)CC2)C1. The Bertz CT molecular complexity index is 301. The van der Waals surface area contributed by atoms with Gasteiger partial charge in [0.1, 0.15) is 0 Å². The van der Waals surface area contributed by atoms with E-state index in [2.05, 4.69) is 38.3 Å². The van der Waals surface area contributed by atoms with Crippen LogP contribution in [0.4, 0.5) is 0 Å². The summed E-state index contributed by atoms with van der Waals surface area (Å²) in [5.41, 5.74) is 0.254. The summed E-state index contributed by atoms with van der Waals surface area (Å²) in [5.74, 6) is 2.51. The monoisotopic (exact) mass is 255 g/mol. The molecule has 98 valence electrons. The molecule has 3 atom stereocenters. The molecule has 0 aromatic carbocycles. The van der Waals surface area contributed by atoms with Crippen molar-refractivity contribution in [1.82, 2.24) is 4.90 Å². The highest BCUT2D eigenvalue weighted by Gasteiger charge is 2.45. The summed E-state index contributed by atoms with van der Waals surface area (Å²) in [4.78, 5) is 14.5. The topological polar surface area (TPSA) is 20.3 Å². The quantitative estimate of drug-likeness (QED) is 0.769.